The van der Waals surface area contributed by atoms with E-state index in [0.29, 0.717) is 12.8 Å². The summed E-state index contributed by atoms with van der Waals surface area (Å²) in [5, 5.41) is 1.95. The number of fused-ring (bicyclic) bond motifs is 1. The second kappa shape index (κ2) is 5.61. The molecule has 0 radical (unpaired) electrons. The van der Waals surface area contributed by atoms with Crippen molar-refractivity contribution in [2.45, 2.75) is 44.3 Å². The van der Waals surface area contributed by atoms with Crippen LogP contribution in [0, 0.1) is 11.8 Å². The number of alkyl halides is 3. The summed E-state index contributed by atoms with van der Waals surface area (Å²) in [7, 11) is 0. The minimum Gasteiger partial charge on any atom is -0.327 e. The molecular formula is C14H18F3N3S. The number of nitrogens with zero attached hydrogens (tertiary/aromatic N) is 2. The van der Waals surface area contributed by atoms with Crippen LogP contribution in [0.3, 0.4) is 0 Å². The fraction of sp³-hybridized carbons (Fsp3) is 0.643. The van der Waals surface area contributed by atoms with Crippen LogP contribution in [0.2, 0.25) is 0 Å². The van der Waals surface area contributed by atoms with Crippen LogP contribution in [0.4, 0.5) is 13.2 Å². The first-order valence-electron chi connectivity index (χ1n) is 7.17. The molecular weight excluding hydrogens is 299 g/mol. The van der Waals surface area contributed by atoms with Crippen LogP contribution in [0.1, 0.15) is 31.4 Å². The third-order valence-corrected chi connectivity index (χ3v) is 5.14. The Morgan fingerprint density at radius 3 is 2.95 bits per heavy atom. The van der Waals surface area contributed by atoms with Crippen molar-refractivity contribution in [3.8, 4) is 0 Å². The summed E-state index contributed by atoms with van der Waals surface area (Å²) in [6.45, 7) is 0. The van der Waals surface area contributed by atoms with E-state index in [1.165, 1.54) is 11.3 Å². The number of halogens is 3. The van der Waals surface area contributed by atoms with Crippen LogP contribution in [0.5, 0.6) is 0 Å². The Morgan fingerprint density at radius 1 is 1.43 bits per heavy atom. The van der Waals surface area contributed by atoms with Gasteiger partial charge in [0, 0.05) is 30.2 Å². The smallest absolute Gasteiger partial charge is 0.327 e. The molecule has 7 heteroatoms. The van der Waals surface area contributed by atoms with E-state index < -0.39 is 12.1 Å². The minimum absolute atomic E-state index is 0.0647. The molecule has 1 aliphatic rings. The van der Waals surface area contributed by atoms with Gasteiger partial charge in [-0.15, -0.1) is 11.3 Å². The largest absolute Gasteiger partial charge is 0.391 e. The van der Waals surface area contributed by atoms with E-state index in [1.54, 1.807) is 0 Å². The van der Waals surface area contributed by atoms with E-state index in [1.807, 2.05) is 22.2 Å². The molecule has 1 fully saturated rings. The van der Waals surface area contributed by atoms with E-state index in [2.05, 4.69) is 4.98 Å². The van der Waals surface area contributed by atoms with Crippen LogP contribution in [0.15, 0.2) is 17.8 Å². The van der Waals surface area contributed by atoms with Gasteiger partial charge in [-0.05, 0) is 25.2 Å². The minimum atomic E-state index is -4.09. The van der Waals surface area contributed by atoms with Gasteiger partial charge in [0.1, 0.15) is 0 Å². The van der Waals surface area contributed by atoms with Gasteiger partial charge in [0.15, 0.2) is 4.96 Å². The molecule has 2 N–H and O–H groups in total. The van der Waals surface area contributed by atoms with Crippen molar-refractivity contribution in [3.63, 3.8) is 0 Å². The van der Waals surface area contributed by atoms with E-state index >= 15 is 0 Å². The summed E-state index contributed by atoms with van der Waals surface area (Å²) in [6, 6.07) is -0.250. The molecule has 2 aromatic rings. The van der Waals surface area contributed by atoms with Crippen LogP contribution in [-0.4, -0.2) is 21.6 Å². The zero-order valence-electron chi connectivity index (χ0n) is 11.5. The number of rotatable bonds is 3. The van der Waals surface area contributed by atoms with Gasteiger partial charge < -0.3 is 5.73 Å². The highest BCUT2D eigenvalue weighted by Crippen LogP contribution is 2.40. The third kappa shape index (κ3) is 3.23. The van der Waals surface area contributed by atoms with Crippen molar-refractivity contribution < 1.29 is 13.2 Å². The predicted molar refractivity (Wildman–Crippen MR) is 76.3 cm³/mol. The maximum absolute atomic E-state index is 12.8. The normalized spacial score (nSPS) is 25.3. The van der Waals surface area contributed by atoms with Crippen LogP contribution in [0.25, 0.3) is 4.96 Å². The quantitative estimate of drug-likeness (QED) is 0.939. The lowest BCUT2D eigenvalue weighted by molar-refractivity contribution is -0.186. The van der Waals surface area contributed by atoms with Crippen LogP contribution in [-0.2, 0) is 6.42 Å². The van der Waals surface area contributed by atoms with E-state index in [-0.39, 0.29) is 24.8 Å². The fourth-order valence-corrected chi connectivity index (χ4v) is 3.92. The van der Waals surface area contributed by atoms with Gasteiger partial charge in [-0.3, -0.25) is 4.40 Å². The summed E-state index contributed by atoms with van der Waals surface area (Å²) >= 11 is 1.54. The van der Waals surface area contributed by atoms with Gasteiger partial charge in [0.05, 0.1) is 11.6 Å². The molecule has 3 nitrogen and oxygen atoms in total. The third-order valence-electron chi connectivity index (χ3n) is 4.37. The van der Waals surface area contributed by atoms with Gasteiger partial charge >= 0.3 is 6.18 Å². The Hall–Kier alpha value is -1.08. The first kappa shape index (κ1) is 14.8. The standard InChI is InChI=1S/C14H18F3N3S/c15-14(16,17)10-3-1-2-9(6-10)12(18)7-11-8-20-4-5-21-13(20)19-11/h4-5,8-10,12H,1-3,6-7,18H2. The molecule has 0 spiro atoms. The average Bonchev–Trinajstić information content (AvgIpc) is 2.98. The molecule has 0 aliphatic heterocycles. The van der Waals surface area contributed by atoms with Gasteiger partial charge in [0.2, 0.25) is 0 Å². The molecule has 2 aromatic heterocycles. The zero-order chi connectivity index (χ0) is 15.0. The maximum atomic E-state index is 12.8. The van der Waals surface area contributed by atoms with Crippen LogP contribution < -0.4 is 5.73 Å². The highest BCUT2D eigenvalue weighted by Gasteiger charge is 2.43. The molecule has 116 valence electrons. The Labute approximate surface area is 125 Å². The molecule has 0 aromatic carbocycles. The predicted octanol–water partition coefficient (Wildman–Crippen LogP) is 3.63. The number of aromatic nitrogens is 2. The molecule has 0 bridgehead atoms. The Morgan fingerprint density at radius 2 is 2.24 bits per heavy atom. The van der Waals surface area contributed by atoms with Crippen molar-refractivity contribution in [1.82, 2.24) is 9.38 Å². The summed E-state index contributed by atoms with van der Waals surface area (Å²) in [6.07, 6.45) is 2.09. The Bertz CT molecular complexity index is 575. The molecule has 21 heavy (non-hydrogen) atoms. The second-order valence-electron chi connectivity index (χ2n) is 5.86. The molecule has 2 heterocycles. The zero-order valence-corrected chi connectivity index (χ0v) is 12.3. The average molecular weight is 317 g/mol. The highest BCUT2D eigenvalue weighted by molar-refractivity contribution is 7.15. The summed E-state index contributed by atoms with van der Waals surface area (Å²) in [5.41, 5.74) is 7.03. The summed E-state index contributed by atoms with van der Waals surface area (Å²) in [5.74, 6) is -1.25. The first-order chi connectivity index (χ1) is 9.93. The summed E-state index contributed by atoms with van der Waals surface area (Å²) < 4.78 is 40.5. The monoisotopic (exact) mass is 317 g/mol. The van der Waals surface area contributed by atoms with E-state index in [9.17, 15) is 13.2 Å². The molecule has 0 amide bonds. The summed E-state index contributed by atoms with van der Waals surface area (Å²) in [4.78, 5) is 5.35. The first-order valence-corrected chi connectivity index (χ1v) is 8.05. The SMILES string of the molecule is NC(Cc1cn2ccsc2n1)C1CCCC(C(F)(F)F)C1. The molecule has 3 rings (SSSR count). The number of nitrogens with two attached hydrogens (primary N) is 1. The molecule has 1 saturated carbocycles. The highest BCUT2D eigenvalue weighted by atomic mass is 32.1. The van der Waals surface area contributed by atoms with E-state index in [4.69, 9.17) is 5.73 Å². The maximum Gasteiger partial charge on any atom is 0.391 e. The van der Waals surface area contributed by atoms with Gasteiger partial charge in [-0.2, -0.15) is 13.2 Å². The van der Waals surface area contributed by atoms with Crippen molar-refractivity contribution >= 4 is 16.3 Å². The number of hydrogen-bond acceptors (Lipinski definition) is 3. The molecule has 0 saturated heterocycles. The number of imidazole rings is 1. The Kier molecular flexibility index (Phi) is 3.96. The lowest BCUT2D eigenvalue weighted by atomic mass is 9.77. The number of thiazole rings is 1. The second-order valence-corrected chi connectivity index (χ2v) is 6.73. The molecule has 3 atom stereocenters. The lowest BCUT2D eigenvalue weighted by Crippen LogP contribution is -2.38. The van der Waals surface area contributed by atoms with Crippen LogP contribution >= 0.6 is 11.3 Å². The van der Waals surface area contributed by atoms with Crippen molar-refractivity contribution in [3.05, 3.63) is 23.5 Å². The van der Waals surface area contributed by atoms with Gasteiger partial charge in [-0.1, -0.05) is 6.42 Å². The van der Waals surface area contributed by atoms with Crippen molar-refractivity contribution in [2.75, 3.05) is 0 Å². The van der Waals surface area contributed by atoms with Gasteiger partial charge in [-0.25, -0.2) is 4.98 Å². The van der Waals surface area contributed by atoms with Crippen molar-refractivity contribution in [2.24, 2.45) is 17.6 Å². The molecule has 1 aliphatic carbocycles. The fourth-order valence-electron chi connectivity index (χ4n) is 3.20. The molecule has 3 unspecified atom stereocenters. The topological polar surface area (TPSA) is 43.3 Å². The van der Waals surface area contributed by atoms with E-state index in [0.717, 1.165) is 17.1 Å². The van der Waals surface area contributed by atoms with Gasteiger partial charge in [0.25, 0.3) is 0 Å². The van der Waals surface area contributed by atoms with Crippen molar-refractivity contribution in [1.29, 1.82) is 0 Å². The number of hydrogen-bond donors (Lipinski definition) is 1. The lowest BCUT2D eigenvalue weighted by Gasteiger charge is -2.33. The Balaban J connectivity index is 1.64.